The van der Waals surface area contributed by atoms with Crippen LogP contribution in [0.2, 0.25) is 0 Å². The predicted molar refractivity (Wildman–Crippen MR) is 85.6 cm³/mol. The SMILES string of the molecule is Cc1ccc(CC(=O)NC(CCO)c2ccccc2)cc1O. The molecule has 0 bridgehead atoms. The van der Waals surface area contributed by atoms with Gasteiger partial charge in [0.2, 0.25) is 5.91 Å². The Morgan fingerprint density at radius 2 is 1.91 bits per heavy atom. The second kappa shape index (κ2) is 7.61. The topological polar surface area (TPSA) is 69.6 Å². The van der Waals surface area contributed by atoms with Crippen LogP contribution in [0.5, 0.6) is 5.75 Å². The minimum atomic E-state index is -0.210. The largest absolute Gasteiger partial charge is 0.508 e. The number of aliphatic hydroxyl groups is 1. The van der Waals surface area contributed by atoms with Gasteiger partial charge in [-0.25, -0.2) is 0 Å². The third-order valence-corrected chi connectivity index (χ3v) is 3.59. The van der Waals surface area contributed by atoms with Crippen molar-refractivity contribution in [2.24, 2.45) is 0 Å². The highest BCUT2D eigenvalue weighted by atomic mass is 16.3. The van der Waals surface area contributed by atoms with E-state index in [1.54, 1.807) is 12.1 Å². The molecule has 0 fully saturated rings. The minimum Gasteiger partial charge on any atom is -0.508 e. The van der Waals surface area contributed by atoms with E-state index in [1.807, 2.05) is 43.3 Å². The van der Waals surface area contributed by atoms with E-state index < -0.39 is 0 Å². The van der Waals surface area contributed by atoms with Crippen LogP contribution in [-0.4, -0.2) is 22.7 Å². The van der Waals surface area contributed by atoms with Gasteiger partial charge in [-0.1, -0.05) is 42.5 Å². The van der Waals surface area contributed by atoms with E-state index in [4.69, 9.17) is 0 Å². The van der Waals surface area contributed by atoms with E-state index in [9.17, 15) is 15.0 Å². The molecule has 2 aromatic rings. The van der Waals surface area contributed by atoms with Crippen LogP contribution in [0, 0.1) is 6.92 Å². The summed E-state index contributed by atoms with van der Waals surface area (Å²) in [7, 11) is 0. The van der Waals surface area contributed by atoms with Crippen molar-refractivity contribution in [1.82, 2.24) is 5.32 Å². The molecule has 0 aromatic heterocycles. The van der Waals surface area contributed by atoms with Crippen LogP contribution in [-0.2, 0) is 11.2 Å². The highest BCUT2D eigenvalue weighted by molar-refractivity contribution is 5.79. The minimum absolute atomic E-state index is 0.00512. The zero-order chi connectivity index (χ0) is 15.9. The summed E-state index contributed by atoms with van der Waals surface area (Å²) in [6, 6.07) is 14.6. The van der Waals surface area contributed by atoms with E-state index >= 15 is 0 Å². The summed E-state index contributed by atoms with van der Waals surface area (Å²) in [5, 5.41) is 21.8. The number of phenols is 1. The monoisotopic (exact) mass is 299 g/mol. The maximum atomic E-state index is 12.2. The number of hydrogen-bond acceptors (Lipinski definition) is 3. The fraction of sp³-hybridized carbons (Fsp3) is 0.278. The molecule has 0 radical (unpaired) electrons. The van der Waals surface area contributed by atoms with Crippen LogP contribution in [0.25, 0.3) is 0 Å². The maximum Gasteiger partial charge on any atom is 0.224 e. The molecule has 3 N–H and O–H groups in total. The summed E-state index contributed by atoms with van der Waals surface area (Å²) < 4.78 is 0. The van der Waals surface area contributed by atoms with Crippen molar-refractivity contribution < 1.29 is 15.0 Å². The van der Waals surface area contributed by atoms with E-state index in [1.165, 1.54) is 0 Å². The van der Waals surface area contributed by atoms with Crippen molar-refractivity contribution in [2.45, 2.75) is 25.8 Å². The van der Waals surface area contributed by atoms with Crippen molar-refractivity contribution in [3.05, 3.63) is 65.2 Å². The van der Waals surface area contributed by atoms with Gasteiger partial charge >= 0.3 is 0 Å². The van der Waals surface area contributed by atoms with E-state index in [0.717, 1.165) is 16.7 Å². The molecule has 0 spiro atoms. The number of aryl methyl sites for hydroxylation is 1. The smallest absolute Gasteiger partial charge is 0.224 e. The molecular formula is C18H21NO3. The molecule has 2 rings (SSSR count). The van der Waals surface area contributed by atoms with Crippen LogP contribution in [0.15, 0.2) is 48.5 Å². The fourth-order valence-corrected chi connectivity index (χ4v) is 2.33. The second-order valence-corrected chi connectivity index (χ2v) is 5.34. The molecule has 4 heteroatoms. The lowest BCUT2D eigenvalue weighted by Gasteiger charge is -2.18. The van der Waals surface area contributed by atoms with Gasteiger partial charge in [0, 0.05) is 6.61 Å². The summed E-state index contributed by atoms with van der Waals surface area (Å²) >= 11 is 0. The lowest BCUT2D eigenvalue weighted by atomic mass is 10.0. The van der Waals surface area contributed by atoms with E-state index in [-0.39, 0.29) is 30.7 Å². The Morgan fingerprint density at radius 3 is 2.55 bits per heavy atom. The van der Waals surface area contributed by atoms with Gasteiger partial charge in [-0.05, 0) is 36.1 Å². The van der Waals surface area contributed by atoms with Gasteiger partial charge in [0.25, 0.3) is 0 Å². The van der Waals surface area contributed by atoms with Crippen LogP contribution in [0.3, 0.4) is 0 Å². The van der Waals surface area contributed by atoms with Gasteiger partial charge in [0.1, 0.15) is 5.75 Å². The van der Waals surface area contributed by atoms with Crippen LogP contribution < -0.4 is 5.32 Å². The molecule has 0 saturated heterocycles. The molecule has 0 aliphatic rings. The Morgan fingerprint density at radius 1 is 1.18 bits per heavy atom. The predicted octanol–water partition coefficient (Wildman–Crippen LogP) is 2.48. The van der Waals surface area contributed by atoms with Crippen molar-refractivity contribution in [3.63, 3.8) is 0 Å². The standard InChI is InChI=1S/C18H21NO3/c1-13-7-8-14(11-17(13)21)12-18(22)19-16(9-10-20)15-5-3-2-4-6-15/h2-8,11,16,20-21H,9-10,12H2,1H3,(H,19,22). The zero-order valence-corrected chi connectivity index (χ0v) is 12.6. The molecule has 0 heterocycles. The van der Waals surface area contributed by atoms with Crippen molar-refractivity contribution in [3.8, 4) is 5.75 Å². The molecule has 0 aliphatic heterocycles. The summed E-state index contributed by atoms with van der Waals surface area (Å²) in [6.07, 6.45) is 0.664. The Bertz CT molecular complexity index is 625. The van der Waals surface area contributed by atoms with Crippen molar-refractivity contribution in [1.29, 1.82) is 0 Å². The molecule has 1 unspecified atom stereocenters. The number of aliphatic hydroxyl groups excluding tert-OH is 1. The second-order valence-electron chi connectivity index (χ2n) is 5.34. The van der Waals surface area contributed by atoms with Gasteiger partial charge in [0.05, 0.1) is 12.5 Å². The van der Waals surface area contributed by atoms with Crippen molar-refractivity contribution >= 4 is 5.91 Å². The summed E-state index contributed by atoms with van der Waals surface area (Å²) in [4.78, 5) is 12.2. The molecule has 1 atom stereocenters. The Hall–Kier alpha value is -2.33. The number of amides is 1. The Kier molecular flexibility index (Phi) is 5.55. The number of carbonyl (C=O) groups excluding carboxylic acids is 1. The van der Waals surface area contributed by atoms with Crippen LogP contribution in [0.4, 0.5) is 0 Å². The Labute approximate surface area is 130 Å². The van der Waals surface area contributed by atoms with Crippen molar-refractivity contribution in [2.75, 3.05) is 6.61 Å². The molecular weight excluding hydrogens is 278 g/mol. The molecule has 0 saturated carbocycles. The van der Waals surface area contributed by atoms with Gasteiger partial charge in [0.15, 0.2) is 0 Å². The van der Waals surface area contributed by atoms with Gasteiger partial charge in [-0.15, -0.1) is 0 Å². The number of carbonyl (C=O) groups is 1. The van der Waals surface area contributed by atoms with Gasteiger partial charge in [-0.2, -0.15) is 0 Å². The number of nitrogens with one attached hydrogen (secondary N) is 1. The first-order chi connectivity index (χ1) is 10.6. The normalized spacial score (nSPS) is 11.9. The molecule has 2 aromatic carbocycles. The zero-order valence-electron chi connectivity index (χ0n) is 12.6. The number of phenolic OH excluding ortho intramolecular Hbond substituents is 1. The summed E-state index contributed by atoms with van der Waals surface area (Å²) in [5.41, 5.74) is 2.51. The molecule has 116 valence electrons. The highest BCUT2D eigenvalue weighted by Crippen LogP contribution is 2.19. The molecule has 22 heavy (non-hydrogen) atoms. The van der Waals surface area contributed by atoms with E-state index in [0.29, 0.717) is 6.42 Å². The lowest BCUT2D eigenvalue weighted by Crippen LogP contribution is -2.30. The molecule has 4 nitrogen and oxygen atoms in total. The first-order valence-corrected chi connectivity index (χ1v) is 7.34. The maximum absolute atomic E-state index is 12.2. The Balaban J connectivity index is 2.03. The van der Waals surface area contributed by atoms with Crippen LogP contribution in [0.1, 0.15) is 29.2 Å². The summed E-state index contributed by atoms with van der Waals surface area (Å²) in [5.74, 6) is 0.0609. The van der Waals surface area contributed by atoms with Crippen LogP contribution >= 0.6 is 0 Å². The summed E-state index contributed by atoms with van der Waals surface area (Å²) in [6.45, 7) is 1.82. The molecule has 1 amide bonds. The number of benzene rings is 2. The van der Waals surface area contributed by atoms with E-state index in [2.05, 4.69) is 5.32 Å². The third-order valence-electron chi connectivity index (χ3n) is 3.59. The first-order valence-electron chi connectivity index (χ1n) is 7.34. The number of rotatable bonds is 6. The average Bonchev–Trinajstić information content (AvgIpc) is 2.51. The fourth-order valence-electron chi connectivity index (χ4n) is 2.33. The van der Waals surface area contributed by atoms with Gasteiger partial charge in [-0.3, -0.25) is 4.79 Å². The lowest BCUT2D eigenvalue weighted by molar-refractivity contribution is -0.121. The molecule has 0 aliphatic carbocycles. The first kappa shape index (κ1) is 16.0. The highest BCUT2D eigenvalue weighted by Gasteiger charge is 2.14. The quantitative estimate of drug-likeness (QED) is 0.767. The number of aromatic hydroxyl groups is 1. The average molecular weight is 299 g/mol. The number of hydrogen-bond donors (Lipinski definition) is 3. The third kappa shape index (κ3) is 4.33. The van der Waals surface area contributed by atoms with Gasteiger partial charge < -0.3 is 15.5 Å².